The third-order valence-corrected chi connectivity index (χ3v) is 3.53. The first kappa shape index (κ1) is 14.9. The highest BCUT2D eigenvalue weighted by Crippen LogP contribution is 2.20. The van der Waals surface area contributed by atoms with Crippen LogP contribution in [0.2, 0.25) is 0 Å². The highest BCUT2D eigenvalue weighted by molar-refractivity contribution is 5.68. The van der Waals surface area contributed by atoms with E-state index in [0.29, 0.717) is 24.4 Å². The van der Waals surface area contributed by atoms with Crippen LogP contribution >= 0.6 is 0 Å². The lowest BCUT2D eigenvalue weighted by Crippen LogP contribution is -2.49. The fourth-order valence-corrected chi connectivity index (χ4v) is 2.25. The Bertz CT molecular complexity index is 659. The molecule has 0 bridgehead atoms. The molecule has 1 aromatic rings. The third kappa shape index (κ3) is 3.11. The molecule has 0 radical (unpaired) electrons. The summed E-state index contributed by atoms with van der Waals surface area (Å²) >= 11 is 0. The Balaban J connectivity index is 1.55. The SMILES string of the molecule is O=C(OCc1ccc([N+](=O)[O-])cc1)N1CCN2NOC(O)=C2C1. The monoisotopic (exact) mass is 322 g/mol. The maximum Gasteiger partial charge on any atom is 0.410 e. The molecule has 10 heteroatoms. The number of ether oxygens (including phenoxy) is 1. The van der Waals surface area contributed by atoms with Gasteiger partial charge in [0.2, 0.25) is 0 Å². The molecule has 2 heterocycles. The summed E-state index contributed by atoms with van der Waals surface area (Å²) in [5, 5.41) is 21.7. The second-order valence-electron chi connectivity index (χ2n) is 5.00. The number of hydrogen-bond donors (Lipinski definition) is 2. The Hall–Kier alpha value is -3.01. The van der Waals surface area contributed by atoms with Crippen molar-refractivity contribution in [1.82, 2.24) is 15.5 Å². The number of benzene rings is 1. The van der Waals surface area contributed by atoms with E-state index < -0.39 is 11.0 Å². The summed E-state index contributed by atoms with van der Waals surface area (Å²) in [4.78, 5) is 28.3. The van der Waals surface area contributed by atoms with E-state index in [1.54, 1.807) is 5.01 Å². The Morgan fingerprint density at radius 1 is 1.39 bits per heavy atom. The van der Waals surface area contributed by atoms with Gasteiger partial charge in [-0.15, -0.1) is 0 Å². The summed E-state index contributed by atoms with van der Waals surface area (Å²) in [6.07, 6.45) is -0.532. The van der Waals surface area contributed by atoms with Gasteiger partial charge in [0.1, 0.15) is 12.3 Å². The highest BCUT2D eigenvalue weighted by atomic mass is 16.8. The van der Waals surface area contributed by atoms with Gasteiger partial charge in [-0.3, -0.25) is 15.1 Å². The van der Waals surface area contributed by atoms with Crippen LogP contribution in [0.25, 0.3) is 0 Å². The number of rotatable bonds is 3. The van der Waals surface area contributed by atoms with Gasteiger partial charge < -0.3 is 19.6 Å². The Labute approximate surface area is 130 Å². The summed E-state index contributed by atoms with van der Waals surface area (Å²) in [6.45, 7) is 1.03. The number of nitro groups is 1. The third-order valence-electron chi connectivity index (χ3n) is 3.53. The van der Waals surface area contributed by atoms with Gasteiger partial charge >= 0.3 is 12.0 Å². The van der Waals surface area contributed by atoms with E-state index in [0.717, 1.165) is 0 Å². The molecule has 1 amide bonds. The van der Waals surface area contributed by atoms with Crippen LogP contribution in [0.15, 0.2) is 35.9 Å². The van der Waals surface area contributed by atoms with Crippen molar-refractivity contribution in [3.63, 3.8) is 0 Å². The van der Waals surface area contributed by atoms with Crippen LogP contribution in [0.5, 0.6) is 0 Å². The summed E-state index contributed by atoms with van der Waals surface area (Å²) in [6, 6.07) is 5.78. The molecule has 0 spiro atoms. The number of nitro benzene ring substituents is 1. The molecule has 2 aliphatic heterocycles. The summed E-state index contributed by atoms with van der Waals surface area (Å²) in [7, 11) is 0. The number of carbonyl (C=O) groups is 1. The van der Waals surface area contributed by atoms with E-state index in [-0.39, 0.29) is 24.8 Å². The Morgan fingerprint density at radius 3 is 2.83 bits per heavy atom. The summed E-state index contributed by atoms with van der Waals surface area (Å²) in [5.41, 5.74) is 3.60. The quantitative estimate of drug-likeness (QED) is 0.626. The molecule has 0 aromatic heterocycles. The zero-order chi connectivity index (χ0) is 16.4. The lowest BCUT2D eigenvalue weighted by molar-refractivity contribution is -0.384. The number of aliphatic hydroxyl groups is 1. The molecule has 1 aromatic carbocycles. The molecule has 0 aliphatic carbocycles. The zero-order valence-electron chi connectivity index (χ0n) is 12.0. The standard InChI is InChI=1S/C13H14N4O6/c18-12-11-7-15(5-6-16(11)14-23-12)13(19)22-8-9-1-3-10(4-2-9)17(20)21/h1-4,14,18H,5-8H2. The number of piperazine rings is 1. The van der Waals surface area contributed by atoms with Crippen LogP contribution in [0.3, 0.4) is 0 Å². The molecular formula is C13H14N4O6. The Morgan fingerprint density at radius 2 is 2.13 bits per heavy atom. The van der Waals surface area contributed by atoms with Gasteiger partial charge in [-0.2, -0.15) is 0 Å². The van der Waals surface area contributed by atoms with Gasteiger partial charge in [0.15, 0.2) is 0 Å². The average Bonchev–Trinajstić information content (AvgIpc) is 2.93. The lowest BCUT2D eigenvalue weighted by Gasteiger charge is -2.31. The molecule has 1 saturated heterocycles. The van der Waals surface area contributed by atoms with Crippen molar-refractivity contribution in [1.29, 1.82) is 0 Å². The maximum atomic E-state index is 12.1. The van der Waals surface area contributed by atoms with E-state index >= 15 is 0 Å². The zero-order valence-corrected chi connectivity index (χ0v) is 12.0. The van der Waals surface area contributed by atoms with Gasteiger partial charge in [-0.25, -0.2) is 4.79 Å². The number of nitrogens with zero attached hydrogens (tertiary/aromatic N) is 3. The van der Waals surface area contributed by atoms with Gasteiger partial charge in [-0.1, -0.05) is 5.59 Å². The number of aliphatic hydroxyl groups excluding tert-OH is 1. The first-order valence-corrected chi connectivity index (χ1v) is 6.82. The van der Waals surface area contributed by atoms with E-state index in [4.69, 9.17) is 9.57 Å². The van der Waals surface area contributed by atoms with Crippen molar-refractivity contribution in [2.24, 2.45) is 0 Å². The van der Waals surface area contributed by atoms with Crippen LogP contribution in [-0.2, 0) is 16.2 Å². The average molecular weight is 322 g/mol. The summed E-state index contributed by atoms with van der Waals surface area (Å²) < 4.78 is 5.18. The minimum atomic E-state index is -0.532. The van der Waals surface area contributed by atoms with E-state index in [1.807, 2.05) is 0 Å². The number of hydrogen-bond acceptors (Lipinski definition) is 8. The van der Waals surface area contributed by atoms with Crippen molar-refractivity contribution in [3.8, 4) is 0 Å². The predicted molar refractivity (Wildman–Crippen MR) is 75.4 cm³/mol. The molecule has 0 saturated carbocycles. The number of amides is 1. The van der Waals surface area contributed by atoms with Crippen LogP contribution < -0.4 is 5.59 Å². The number of nitrogens with one attached hydrogen (secondary N) is 1. The van der Waals surface area contributed by atoms with Crippen molar-refractivity contribution < 1.29 is 24.4 Å². The second kappa shape index (κ2) is 6.01. The van der Waals surface area contributed by atoms with E-state index in [2.05, 4.69) is 5.59 Å². The van der Waals surface area contributed by atoms with Crippen LogP contribution in [0.1, 0.15) is 5.56 Å². The number of hydrazine groups is 1. The van der Waals surface area contributed by atoms with E-state index in [9.17, 15) is 20.0 Å². The summed E-state index contributed by atoms with van der Waals surface area (Å²) in [5.74, 6) is -0.266. The molecular weight excluding hydrogens is 308 g/mol. The van der Waals surface area contributed by atoms with Crippen molar-refractivity contribution in [2.45, 2.75) is 6.61 Å². The minimum absolute atomic E-state index is 0.0107. The molecule has 10 nitrogen and oxygen atoms in total. The van der Waals surface area contributed by atoms with Crippen molar-refractivity contribution in [3.05, 3.63) is 51.6 Å². The van der Waals surface area contributed by atoms with Crippen LogP contribution in [-0.4, -0.2) is 45.7 Å². The molecule has 0 atom stereocenters. The molecule has 1 fully saturated rings. The fraction of sp³-hybridized carbons (Fsp3) is 0.308. The van der Waals surface area contributed by atoms with Crippen LogP contribution in [0.4, 0.5) is 10.5 Å². The number of fused-ring (bicyclic) bond motifs is 1. The number of non-ortho nitro benzene ring substituents is 1. The predicted octanol–water partition coefficient (Wildman–Crippen LogP) is 1.03. The molecule has 122 valence electrons. The van der Waals surface area contributed by atoms with Gasteiger partial charge in [0.25, 0.3) is 5.69 Å². The molecule has 2 aliphatic rings. The topological polar surface area (TPSA) is 117 Å². The molecule has 0 unspecified atom stereocenters. The highest BCUT2D eigenvalue weighted by Gasteiger charge is 2.33. The van der Waals surface area contributed by atoms with Crippen molar-refractivity contribution >= 4 is 11.8 Å². The maximum absolute atomic E-state index is 12.1. The lowest BCUT2D eigenvalue weighted by atomic mass is 10.2. The second-order valence-corrected chi connectivity index (χ2v) is 5.00. The van der Waals surface area contributed by atoms with Gasteiger partial charge in [0.05, 0.1) is 18.0 Å². The minimum Gasteiger partial charge on any atom is -0.478 e. The van der Waals surface area contributed by atoms with Gasteiger partial charge in [-0.05, 0) is 17.7 Å². The fourth-order valence-electron chi connectivity index (χ4n) is 2.25. The smallest absolute Gasteiger partial charge is 0.410 e. The molecule has 23 heavy (non-hydrogen) atoms. The Kier molecular flexibility index (Phi) is 3.89. The first-order valence-electron chi connectivity index (χ1n) is 6.82. The largest absolute Gasteiger partial charge is 0.478 e. The first-order chi connectivity index (χ1) is 11.0. The van der Waals surface area contributed by atoms with Gasteiger partial charge in [0, 0.05) is 18.7 Å². The van der Waals surface area contributed by atoms with Crippen molar-refractivity contribution in [2.75, 3.05) is 19.6 Å². The molecule has 2 N–H and O–H groups in total. The number of carbonyl (C=O) groups excluding carboxylic acids is 1. The normalized spacial score (nSPS) is 16.9. The molecule has 3 rings (SSSR count). The van der Waals surface area contributed by atoms with Crippen LogP contribution in [0, 0.1) is 10.1 Å². The van der Waals surface area contributed by atoms with E-state index in [1.165, 1.54) is 29.2 Å².